The number of fused-ring (bicyclic) bond motifs is 2. The summed E-state index contributed by atoms with van der Waals surface area (Å²) in [6.45, 7) is 2.23. The quantitative estimate of drug-likeness (QED) is 0.687. The first-order valence-corrected chi connectivity index (χ1v) is 10.1. The van der Waals surface area contributed by atoms with E-state index in [9.17, 15) is 5.11 Å². The van der Waals surface area contributed by atoms with Crippen LogP contribution < -0.4 is 10.1 Å². The van der Waals surface area contributed by atoms with Crippen LogP contribution in [0.2, 0.25) is 0 Å². The molecule has 1 aliphatic carbocycles. The van der Waals surface area contributed by atoms with Crippen LogP contribution in [-0.2, 0) is 13.0 Å². The Morgan fingerprint density at radius 1 is 1.24 bits per heavy atom. The summed E-state index contributed by atoms with van der Waals surface area (Å²) in [6, 6.07) is 4.56. The average Bonchev–Trinajstić information content (AvgIpc) is 3.10. The van der Waals surface area contributed by atoms with E-state index in [0.717, 1.165) is 54.8 Å². The van der Waals surface area contributed by atoms with E-state index >= 15 is 0 Å². The highest BCUT2D eigenvalue weighted by atomic mass is 16.5. The number of anilines is 2. The third-order valence-electron chi connectivity index (χ3n) is 6.12. The number of hydrogen-bond donors (Lipinski definition) is 2. The summed E-state index contributed by atoms with van der Waals surface area (Å²) in [5, 5.41) is 18.1. The van der Waals surface area contributed by atoms with E-state index in [0.29, 0.717) is 17.9 Å². The van der Waals surface area contributed by atoms with Crippen molar-refractivity contribution in [1.82, 2.24) is 24.6 Å². The summed E-state index contributed by atoms with van der Waals surface area (Å²) in [6.07, 6.45) is 6.51. The Hall–Kier alpha value is -2.71. The molecule has 1 fully saturated rings. The number of ether oxygens (including phenoxy) is 1. The lowest BCUT2D eigenvalue weighted by atomic mass is 9.81. The van der Waals surface area contributed by atoms with Crippen LogP contribution in [0.4, 0.5) is 11.6 Å². The number of aromatic nitrogens is 4. The van der Waals surface area contributed by atoms with E-state index in [-0.39, 0.29) is 6.61 Å². The molecule has 1 aromatic carbocycles. The standard InChI is InChI=1S/C21H26N6O2/c1-26-4-3-14-8-19(29-2)18(7-15(14)11-26)24-21-22-9-16-10-23-27(20(16)25-21)17-5-13(6-17)12-28/h7-10,13,17,28H,3-6,11-12H2,1-2H3,(H,22,24,25). The minimum Gasteiger partial charge on any atom is -0.495 e. The number of nitrogens with one attached hydrogen (secondary N) is 1. The third-order valence-corrected chi connectivity index (χ3v) is 6.12. The molecule has 2 aromatic heterocycles. The van der Waals surface area contributed by atoms with Crippen LogP contribution in [-0.4, -0.2) is 57.1 Å². The molecule has 0 spiro atoms. The lowest BCUT2D eigenvalue weighted by Gasteiger charge is -2.34. The number of hydrogen-bond acceptors (Lipinski definition) is 7. The molecular formula is C21H26N6O2. The third kappa shape index (κ3) is 3.32. The Bertz CT molecular complexity index is 1040. The van der Waals surface area contributed by atoms with Gasteiger partial charge < -0.3 is 20.1 Å². The van der Waals surface area contributed by atoms with E-state index in [1.54, 1.807) is 19.5 Å². The number of likely N-dealkylation sites (N-methyl/N-ethyl adjacent to an activating group) is 1. The summed E-state index contributed by atoms with van der Waals surface area (Å²) >= 11 is 0. The van der Waals surface area contributed by atoms with Crippen molar-refractivity contribution < 1.29 is 9.84 Å². The molecule has 152 valence electrons. The predicted molar refractivity (Wildman–Crippen MR) is 110 cm³/mol. The Balaban J connectivity index is 1.45. The monoisotopic (exact) mass is 394 g/mol. The number of benzene rings is 1. The van der Waals surface area contributed by atoms with Crippen LogP contribution in [0.1, 0.15) is 30.0 Å². The maximum Gasteiger partial charge on any atom is 0.229 e. The minimum absolute atomic E-state index is 0.241. The largest absolute Gasteiger partial charge is 0.495 e. The highest BCUT2D eigenvalue weighted by Gasteiger charge is 2.31. The molecule has 0 bridgehead atoms. The molecule has 3 aromatic rings. The van der Waals surface area contributed by atoms with Gasteiger partial charge in [0.15, 0.2) is 5.65 Å². The van der Waals surface area contributed by atoms with E-state index in [2.05, 4.69) is 39.5 Å². The molecule has 0 atom stereocenters. The second-order valence-corrected chi connectivity index (χ2v) is 8.17. The second kappa shape index (κ2) is 7.27. The van der Waals surface area contributed by atoms with Gasteiger partial charge in [0.05, 0.1) is 30.4 Å². The van der Waals surface area contributed by atoms with Crippen LogP contribution in [0.25, 0.3) is 11.0 Å². The minimum atomic E-state index is 0.241. The van der Waals surface area contributed by atoms with Crippen LogP contribution in [0, 0.1) is 5.92 Å². The van der Waals surface area contributed by atoms with Crippen molar-refractivity contribution in [1.29, 1.82) is 0 Å². The first kappa shape index (κ1) is 18.3. The van der Waals surface area contributed by atoms with Crippen molar-refractivity contribution in [2.75, 3.05) is 32.6 Å². The number of nitrogens with zero attached hydrogens (tertiary/aromatic N) is 5. The lowest BCUT2D eigenvalue weighted by Crippen LogP contribution is -2.29. The Morgan fingerprint density at radius 3 is 2.90 bits per heavy atom. The fourth-order valence-electron chi connectivity index (χ4n) is 4.33. The summed E-state index contributed by atoms with van der Waals surface area (Å²) in [5.74, 6) is 1.70. The van der Waals surface area contributed by atoms with Crippen molar-refractivity contribution >= 4 is 22.7 Å². The number of aliphatic hydroxyl groups excluding tert-OH is 1. The van der Waals surface area contributed by atoms with Gasteiger partial charge in [-0.1, -0.05) is 0 Å². The van der Waals surface area contributed by atoms with E-state index < -0.39 is 0 Å². The predicted octanol–water partition coefficient (Wildman–Crippen LogP) is 2.51. The van der Waals surface area contributed by atoms with Gasteiger partial charge in [-0.15, -0.1) is 0 Å². The van der Waals surface area contributed by atoms with Crippen LogP contribution in [0.15, 0.2) is 24.5 Å². The van der Waals surface area contributed by atoms with Crippen LogP contribution >= 0.6 is 0 Å². The summed E-state index contributed by atoms with van der Waals surface area (Å²) in [4.78, 5) is 11.5. The Kier molecular flexibility index (Phi) is 4.60. The van der Waals surface area contributed by atoms with E-state index in [1.807, 2.05) is 4.68 Å². The van der Waals surface area contributed by atoms with Crippen molar-refractivity contribution in [3.63, 3.8) is 0 Å². The molecule has 2 N–H and O–H groups in total. The maximum absolute atomic E-state index is 9.29. The molecule has 0 unspecified atom stereocenters. The van der Waals surface area contributed by atoms with E-state index in [4.69, 9.17) is 9.72 Å². The molecule has 8 heteroatoms. The van der Waals surface area contributed by atoms with Gasteiger partial charge in [-0.2, -0.15) is 10.1 Å². The normalized spacial score (nSPS) is 21.6. The van der Waals surface area contributed by atoms with Gasteiger partial charge in [0.2, 0.25) is 5.95 Å². The fraction of sp³-hybridized carbons (Fsp3) is 0.476. The van der Waals surface area contributed by atoms with Crippen molar-refractivity contribution in [2.45, 2.75) is 31.8 Å². The Morgan fingerprint density at radius 2 is 2.10 bits per heavy atom. The molecule has 3 heterocycles. The molecular weight excluding hydrogens is 368 g/mol. The topological polar surface area (TPSA) is 88.3 Å². The zero-order chi connectivity index (χ0) is 20.0. The van der Waals surface area contributed by atoms with Crippen LogP contribution in [0.5, 0.6) is 5.75 Å². The van der Waals surface area contributed by atoms with Crippen LogP contribution in [0.3, 0.4) is 0 Å². The molecule has 0 saturated heterocycles. The molecule has 1 aliphatic heterocycles. The zero-order valence-electron chi connectivity index (χ0n) is 16.8. The number of methoxy groups -OCH3 is 1. The highest BCUT2D eigenvalue weighted by molar-refractivity contribution is 5.76. The van der Waals surface area contributed by atoms with Crippen molar-refractivity contribution in [3.05, 3.63) is 35.7 Å². The molecule has 8 nitrogen and oxygen atoms in total. The lowest BCUT2D eigenvalue weighted by molar-refractivity contribution is 0.107. The molecule has 29 heavy (non-hydrogen) atoms. The Labute approximate surface area is 169 Å². The number of rotatable bonds is 5. The average molecular weight is 394 g/mol. The fourth-order valence-corrected chi connectivity index (χ4v) is 4.33. The summed E-state index contributed by atoms with van der Waals surface area (Å²) in [7, 11) is 3.83. The number of aliphatic hydroxyl groups is 1. The summed E-state index contributed by atoms with van der Waals surface area (Å²) < 4.78 is 7.59. The van der Waals surface area contributed by atoms with E-state index in [1.165, 1.54) is 11.1 Å². The van der Waals surface area contributed by atoms with Crippen molar-refractivity contribution in [2.24, 2.45) is 5.92 Å². The van der Waals surface area contributed by atoms with Gasteiger partial charge in [0.25, 0.3) is 0 Å². The van der Waals surface area contributed by atoms with Gasteiger partial charge in [-0.3, -0.25) is 0 Å². The smallest absolute Gasteiger partial charge is 0.229 e. The van der Waals surface area contributed by atoms with Gasteiger partial charge in [-0.25, -0.2) is 9.67 Å². The first-order chi connectivity index (χ1) is 14.1. The SMILES string of the molecule is COc1cc2c(cc1Nc1ncc3cnn(C4CC(CO)C4)c3n1)CN(C)CC2. The van der Waals surface area contributed by atoms with Gasteiger partial charge >= 0.3 is 0 Å². The molecule has 0 radical (unpaired) electrons. The molecule has 2 aliphatic rings. The zero-order valence-corrected chi connectivity index (χ0v) is 16.8. The van der Waals surface area contributed by atoms with Gasteiger partial charge in [0, 0.05) is 25.9 Å². The maximum atomic E-state index is 9.29. The first-order valence-electron chi connectivity index (χ1n) is 10.1. The van der Waals surface area contributed by atoms with Crippen molar-refractivity contribution in [3.8, 4) is 5.75 Å². The molecule has 5 rings (SSSR count). The van der Waals surface area contributed by atoms with Gasteiger partial charge in [0.1, 0.15) is 5.75 Å². The molecule has 0 amide bonds. The summed E-state index contributed by atoms with van der Waals surface area (Å²) in [5.41, 5.74) is 4.33. The second-order valence-electron chi connectivity index (χ2n) is 8.17. The van der Waals surface area contributed by atoms with Gasteiger partial charge in [-0.05, 0) is 55.5 Å². The molecule has 1 saturated carbocycles. The highest BCUT2D eigenvalue weighted by Crippen LogP contribution is 2.38.